The third-order valence-corrected chi connectivity index (χ3v) is 9.17. The third-order valence-electron chi connectivity index (χ3n) is 9.17. The van der Waals surface area contributed by atoms with E-state index in [0.29, 0.717) is 12.8 Å². The molecule has 0 saturated heterocycles. The summed E-state index contributed by atoms with van der Waals surface area (Å²) in [6.45, 7) is -0.0951. The van der Waals surface area contributed by atoms with Crippen molar-refractivity contribution < 1.29 is 20.4 Å². The number of hydrogen-bond donors (Lipinski definition) is 4. The van der Waals surface area contributed by atoms with E-state index < -0.39 is 5.41 Å². The van der Waals surface area contributed by atoms with Gasteiger partial charge in [0.15, 0.2) is 0 Å². The van der Waals surface area contributed by atoms with E-state index in [9.17, 15) is 20.4 Å². The number of aromatic hydroxyl groups is 2. The van der Waals surface area contributed by atoms with Crippen LogP contribution in [0.25, 0.3) is 11.1 Å². The normalized spacial score (nSPS) is 12.7. The van der Waals surface area contributed by atoms with E-state index in [0.717, 1.165) is 56.4 Å². The van der Waals surface area contributed by atoms with E-state index in [1.165, 1.54) is 0 Å². The molecule has 0 atom stereocenters. The van der Waals surface area contributed by atoms with Crippen LogP contribution in [0.1, 0.15) is 24.0 Å². The maximum Gasteiger partial charge on any atom is 0.115 e. The standard InChI is InChI=1S/C41H36N2O4/c44-25-23-41(24-26-45)39-27-33(42(29-7-3-1-4-8-29)31-11-17-35(46)18-12-31)15-21-37(39)38-22-16-34(28-40(38)41)43(30-9-5-2-6-10-30)32-13-19-36(47)20-14-32/h1-22,27-28,44-47H,23-26H2. The summed E-state index contributed by atoms with van der Waals surface area (Å²) in [6, 6.07) is 47.4. The quantitative estimate of drug-likeness (QED) is 0.122. The second kappa shape index (κ2) is 12.7. The molecular formula is C41H36N2O4. The predicted octanol–water partition coefficient (Wildman–Crippen LogP) is 9.07. The van der Waals surface area contributed by atoms with Crippen LogP contribution in [0.5, 0.6) is 11.5 Å². The lowest BCUT2D eigenvalue weighted by Crippen LogP contribution is -2.28. The summed E-state index contributed by atoms with van der Waals surface area (Å²) in [5.41, 5.74) is 9.22. The number of benzene rings is 6. The highest BCUT2D eigenvalue weighted by atomic mass is 16.3. The van der Waals surface area contributed by atoms with Crippen molar-refractivity contribution in [1.82, 2.24) is 0 Å². The smallest absolute Gasteiger partial charge is 0.115 e. The SMILES string of the molecule is OCCC1(CCO)c2cc(N(c3ccccc3)c3ccc(O)cc3)ccc2-c2ccc(N(c3ccccc3)c3ccc(O)cc3)cc21. The average molecular weight is 621 g/mol. The molecule has 0 bridgehead atoms. The molecule has 1 aliphatic rings. The van der Waals surface area contributed by atoms with Crippen molar-refractivity contribution in [2.45, 2.75) is 18.3 Å². The maximum absolute atomic E-state index is 10.5. The van der Waals surface area contributed by atoms with Crippen LogP contribution < -0.4 is 9.80 Å². The third kappa shape index (κ3) is 5.48. The molecule has 6 aromatic carbocycles. The summed E-state index contributed by atoms with van der Waals surface area (Å²) in [4.78, 5) is 4.30. The summed E-state index contributed by atoms with van der Waals surface area (Å²) in [5, 5.41) is 41.1. The van der Waals surface area contributed by atoms with Gasteiger partial charge in [0.1, 0.15) is 11.5 Å². The number of fused-ring (bicyclic) bond motifs is 3. The average Bonchev–Trinajstić information content (AvgIpc) is 3.36. The lowest BCUT2D eigenvalue weighted by Gasteiger charge is -2.33. The van der Waals surface area contributed by atoms with Crippen LogP contribution in [0.15, 0.2) is 146 Å². The van der Waals surface area contributed by atoms with Gasteiger partial charge in [0, 0.05) is 52.8 Å². The molecule has 0 aliphatic heterocycles. The van der Waals surface area contributed by atoms with Crippen LogP contribution in [-0.2, 0) is 5.41 Å². The first kappa shape index (κ1) is 30.1. The van der Waals surface area contributed by atoms with Gasteiger partial charge in [-0.3, -0.25) is 0 Å². The second-order valence-corrected chi connectivity index (χ2v) is 11.9. The van der Waals surface area contributed by atoms with Crippen LogP contribution >= 0.6 is 0 Å². The van der Waals surface area contributed by atoms with Gasteiger partial charge in [-0.05, 0) is 132 Å². The molecule has 6 aromatic rings. The number of phenolic OH excluding ortho intramolecular Hbond substituents is 2. The summed E-state index contributed by atoms with van der Waals surface area (Å²) in [5.74, 6) is 0.396. The first-order valence-corrected chi connectivity index (χ1v) is 15.8. The molecule has 1 aliphatic carbocycles. The van der Waals surface area contributed by atoms with Gasteiger partial charge in [0.25, 0.3) is 0 Å². The van der Waals surface area contributed by atoms with Crippen molar-refractivity contribution in [2.75, 3.05) is 23.0 Å². The molecule has 0 radical (unpaired) electrons. The van der Waals surface area contributed by atoms with Crippen LogP contribution in [0.4, 0.5) is 34.1 Å². The lowest BCUT2D eigenvalue weighted by atomic mass is 9.73. The highest BCUT2D eigenvalue weighted by Gasteiger charge is 2.43. The molecule has 0 amide bonds. The summed E-state index contributed by atoms with van der Waals surface area (Å²) < 4.78 is 0. The number of anilines is 6. The van der Waals surface area contributed by atoms with E-state index in [4.69, 9.17) is 0 Å². The van der Waals surface area contributed by atoms with Crippen molar-refractivity contribution in [3.8, 4) is 22.6 Å². The van der Waals surface area contributed by atoms with E-state index >= 15 is 0 Å². The van der Waals surface area contributed by atoms with Crippen molar-refractivity contribution in [2.24, 2.45) is 0 Å². The molecule has 4 N–H and O–H groups in total. The molecule has 0 heterocycles. The van der Waals surface area contributed by atoms with Crippen LogP contribution in [0, 0.1) is 0 Å². The largest absolute Gasteiger partial charge is 0.508 e. The minimum atomic E-state index is -0.644. The fourth-order valence-electron chi connectivity index (χ4n) is 7.05. The Kier molecular flexibility index (Phi) is 8.12. The zero-order valence-electron chi connectivity index (χ0n) is 25.9. The second-order valence-electron chi connectivity index (χ2n) is 11.9. The zero-order valence-corrected chi connectivity index (χ0v) is 25.9. The maximum atomic E-state index is 10.5. The van der Waals surface area contributed by atoms with E-state index in [1.54, 1.807) is 24.3 Å². The molecule has 0 fully saturated rings. The monoisotopic (exact) mass is 620 g/mol. The van der Waals surface area contributed by atoms with Crippen molar-refractivity contribution in [3.63, 3.8) is 0 Å². The van der Waals surface area contributed by atoms with Crippen molar-refractivity contribution in [3.05, 3.63) is 157 Å². The topological polar surface area (TPSA) is 87.4 Å². The van der Waals surface area contributed by atoms with Gasteiger partial charge in [-0.15, -0.1) is 0 Å². The molecule has 0 aromatic heterocycles. The molecule has 0 spiro atoms. The summed E-state index contributed by atoms with van der Waals surface area (Å²) in [6.07, 6.45) is 0.880. The molecule has 6 heteroatoms. The van der Waals surface area contributed by atoms with Gasteiger partial charge in [-0.2, -0.15) is 0 Å². The Morgan fingerprint density at radius 1 is 0.404 bits per heavy atom. The minimum Gasteiger partial charge on any atom is -0.508 e. The molecule has 0 unspecified atom stereocenters. The molecule has 6 nitrogen and oxygen atoms in total. The molecule has 234 valence electrons. The van der Waals surface area contributed by atoms with Crippen LogP contribution in [0.2, 0.25) is 0 Å². The Bertz CT molecular complexity index is 1830. The Morgan fingerprint density at radius 3 is 1.11 bits per heavy atom. The minimum absolute atomic E-state index is 0.0476. The van der Waals surface area contributed by atoms with Gasteiger partial charge >= 0.3 is 0 Å². The Labute approximate surface area is 274 Å². The molecular weight excluding hydrogens is 584 g/mol. The van der Waals surface area contributed by atoms with Crippen LogP contribution in [-0.4, -0.2) is 33.6 Å². The molecule has 0 saturated carbocycles. The molecule has 7 rings (SSSR count). The number of aliphatic hydroxyl groups is 2. The fourth-order valence-corrected chi connectivity index (χ4v) is 7.05. The number of aliphatic hydroxyl groups excluding tert-OH is 2. The number of nitrogens with zero attached hydrogens (tertiary/aromatic N) is 2. The number of phenols is 2. The van der Waals surface area contributed by atoms with Gasteiger partial charge in [-0.1, -0.05) is 48.5 Å². The van der Waals surface area contributed by atoms with Gasteiger partial charge < -0.3 is 30.2 Å². The predicted molar refractivity (Wildman–Crippen MR) is 189 cm³/mol. The summed E-state index contributed by atoms with van der Waals surface area (Å²) >= 11 is 0. The van der Waals surface area contributed by atoms with Gasteiger partial charge in [0.05, 0.1) is 0 Å². The molecule has 47 heavy (non-hydrogen) atoms. The first-order valence-electron chi connectivity index (χ1n) is 15.8. The first-order chi connectivity index (χ1) is 23.0. The Hall–Kier alpha value is -5.56. The highest BCUT2D eigenvalue weighted by molar-refractivity contribution is 5.88. The number of para-hydroxylation sites is 2. The van der Waals surface area contributed by atoms with Crippen LogP contribution in [0.3, 0.4) is 0 Å². The van der Waals surface area contributed by atoms with E-state index in [-0.39, 0.29) is 24.7 Å². The number of rotatable bonds is 10. The van der Waals surface area contributed by atoms with Crippen molar-refractivity contribution in [1.29, 1.82) is 0 Å². The van der Waals surface area contributed by atoms with Gasteiger partial charge in [0.2, 0.25) is 0 Å². The Balaban J connectivity index is 1.41. The summed E-state index contributed by atoms with van der Waals surface area (Å²) in [7, 11) is 0. The van der Waals surface area contributed by atoms with Gasteiger partial charge in [-0.25, -0.2) is 0 Å². The number of hydrogen-bond acceptors (Lipinski definition) is 6. The fraction of sp³-hybridized carbons (Fsp3) is 0.122. The zero-order chi connectivity index (χ0) is 32.4. The van der Waals surface area contributed by atoms with E-state index in [2.05, 4.69) is 70.5 Å². The highest BCUT2D eigenvalue weighted by Crippen LogP contribution is 2.55. The van der Waals surface area contributed by atoms with Crippen molar-refractivity contribution >= 4 is 34.1 Å². The lowest BCUT2D eigenvalue weighted by molar-refractivity contribution is 0.213. The van der Waals surface area contributed by atoms with E-state index in [1.807, 2.05) is 60.7 Å². The Morgan fingerprint density at radius 2 is 0.745 bits per heavy atom.